The Bertz CT molecular complexity index is 1640. The van der Waals surface area contributed by atoms with Gasteiger partial charge in [-0.1, -0.05) is 48.5 Å². The van der Waals surface area contributed by atoms with Gasteiger partial charge in [0, 0.05) is 35.5 Å². The number of amides is 3. The molecule has 1 saturated heterocycles. The van der Waals surface area contributed by atoms with Crippen LogP contribution in [0, 0.1) is 0 Å². The summed E-state index contributed by atoms with van der Waals surface area (Å²) >= 11 is 1.38. The number of piperidine rings is 1. The third kappa shape index (κ3) is 5.15. The van der Waals surface area contributed by atoms with E-state index in [0.29, 0.717) is 48.2 Å². The Kier molecular flexibility index (Phi) is 6.94. The Morgan fingerprint density at radius 3 is 2.20 bits per heavy atom. The number of fused-ring (bicyclic) bond motifs is 1. The number of hydrogen-bond donors (Lipinski definition) is 0. The predicted octanol–water partition coefficient (Wildman–Crippen LogP) is 6.64. The molecule has 0 aliphatic carbocycles. The number of aromatic nitrogens is 1. The molecule has 0 spiro atoms. The molecule has 1 aromatic heterocycles. The van der Waals surface area contributed by atoms with Crippen molar-refractivity contribution in [2.75, 3.05) is 13.1 Å². The van der Waals surface area contributed by atoms with Crippen LogP contribution in [-0.2, 0) is 12.7 Å². The summed E-state index contributed by atoms with van der Waals surface area (Å²) in [5.74, 6) is -0.840. The summed E-state index contributed by atoms with van der Waals surface area (Å²) in [6.45, 7) is 1.19. The largest absolute Gasteiger partial charge is 0.416 e. The zero-order chi connectivity index (χ0) is 28.7. The molecule has 0 N–H and O–H groups in total. The number of imide groups is 1. The Labute approximate surface area is 238 Å². The normalized spacial score (nSPS) is 15.7. The van der Waals surface area contributed by atoms with Crippen LogP contribution in [-0.4, -0.2) is 45.6 Å². The van der Waals surface area contributed by atoms with E-state index in [4.69, 9.17) is 0 Å². The van der Waals surface area contributed by atoms with Crippen LogP contribution in [0.4, 0.5) is 13.2 Å². The Morgan fingerprint density at radius 1 is 0.854 bits per heavy atom. The van der Waals surface area contributed by atoms with Crippen LogP contribution in [0.3, 0.4) is 0 Å². The van der Waals surface area contributed by atoms with Crippen LogP contribution in [0.1, 0.15) is 66.1 Å². The van der Waals surface area contributed by atoms with Gasteiger partial charge in [0.05, 0.1) is 17.1 Å². The second kappa shape index (κ2) is 10.6. The van der Waals surface area contributed by atoms with Crippen molar-refractivity contribution in [3.63, 3.8) is 0 Å². The highest BCUT2D eigenvalue weighted by atomic mass is 32.1. The zero-order valence-corrected chi connectivity index (χ0v) is 22.5. The molecule has 0 unspecified atom stereocenters. The van der Waals surface area contributed by atoms with Crippen molar-refractivity contribution in [3.05, 3.63) is 111 Å². The summed E-state index contributed by atoms with van der Waals surface area (Å²) in [4.78, 5) is 46.8. The molecular weight excluding hydrogens is 551 g/mol. The van der Waals surface area contributed by atoms with Crippen molar-refractivity contribution in [3.8, 4) is 11.1 Å². The van der Waals surface area contributed by atoms with E-state index in [0.717, 1.165) is 22.7 Å². The topological polar surface area (TPSA) is 70.6 Å². The van der Waals surface area contributed by atoms with Gasteiger partial charge in [-0.25, -0.2) is 4.98 Å². The maximum absolute atomic E-state index is 13.5. The van der Waals surface area contributed by atoms with E-state index in [1.54, 1.807) is 46.7 Å². The van der Waals surface area contributed by atoms with Gasteiger partial charge in [0.2, 0.25) is 0 Å². The highest BCUT2D eigenvalue weighted by Crippen LogP contribution is 2.35. The van der Waals surface area contributed by atoms with E-state index >= 15 is 0 Å². The second-order valence-electron chi connectivity index (χ2n) is 10.1. The molecule has 10 heteroatoms. The lowest BCUT2D eigenvalue weighted by Crippen LogP contribution is -2.38. The molecule has 0 radical (unpaired) electrons. The van der Waals surface area contributed by atoms with Gasteiger partial charge in [-0.2, -0.15) is 13.2 Å². The Balaban J connectivity index is 1.11. The van der Waals surface area contributed by atoms with Crippen LogP contribution in [0.2, 0.25) is 0 Å². The predicted molar refractivity (Wildman–Crippen MR) is 148 cm³/mol. The molecule has 2 aliphatic heterocycles. The average Bonchev–Trinajstić information content (AvgIpc) is 3.62. The van der Waals surface area contributed by atoms with Gasteiger partial charge in [-0.3, -0.25) is 19.3 Å². The van der Waals surface area contributed by atoms with E-state index in [-0.39, 0.29) is 30.0 Å². The first-order valence-electron chi connectivity index (χ1n) is 13.2. The zero-order valence-electron chi connectivity index (χ0n) is 21.7. The van der Waals surface area contributed by atoms with Crippen molar-refractivity contribution in [2.24, 2.45) is 0 Å². The summed E-state index contributed by atoms with van der Waals surface area (Å²) in [5, 5.41) is 2.49. The van der Waals surface area contributed by atoms with Crippen molar-refractivity contribution < 1.29 is 27.6 Å². The van der Waals surface area contributed by atoms with Gasteiger partial charge >= 0.3 is 6.18 Å². The molecule has 4 aromatic rings. The first kappa shape index (κ1) is 26.9. The fourth-order valence-electron chi connectivity index (χ4n) is 5.39. The van der Waals surface area contributed by atoms with E-state index in [9.17, 15) is 27.6 Å². The van der Waals surface area contributed by atoms with E-state index in [1.165, 1.54) is 28.4 Å². The van der Waals surface area contributed by atoms with Gasteiger partial charge in [0.15, 0.2) is 0 Å². The SMILES string of the molecule is O=C(c1ccccc1-c1ccc(C(F)(F)F)cc1)N1CCC(c2nc(C(=O)N3Cc4ccccc4C3=O)cs2)CC1. The van der Waals surface area contributed by atoms with Gasteiger partial charge in [-0.15, -0.1) is 11.3 Å². The first-order chi connectivity index (χ1) is 19.7. The number of hydrogen-bond acceptors (Lipinski definition) is 5. The molecule has 41 heavy (non-hydrogen) atoms. The third-order valence-corrected chi connectivity index (χ3v) is 8.63. The lowest BCUT2D eigenvalue weighted by Gasteiger charge is -2.31. The quantitative estimate of drug-likeness (QED) is 0.256. The molecule has 208 valence electrons. The van der Waals surface area contributed by atoms with Crippen molar-refractivity contribution in [2.45, 2.75) is 31.5 Å². The average molecular weight is 576 g/mol. The first-order valence-corrected chi connectivity index (χ1v) is 14.0. The minimum Gasteiger partial charge on any atom is -0.339 e. The maximum Gasteiger partial charge on any atom is 0.416 e. The maximum atomic E-state index is 13.5. The van der Waals surface area contributed by atoms with Gasteiger partial charge < -0.3 is 4.90 Å². The molecule has 1 fully saturated rings. The van der Waals surface area contributed by atoms with Crippen molar-refractivity contribution >= 4 is 29.1 Å². The van der Waals surface area contributed by atoms with Crippen LogP contribution in [0.25, 0.3) is 11.1 Å². The second-order valence-corrected chi connectivity index (χ2v) is 11.0. The van der Waals surface area contributed by atoms with Crippen molar-refractivity contribution in [1.82, 2.24) is 14.8 Å². The minimum absolute atomic E-state index is 0.0715. The molecule has 3 aromatic carbocycles. The summed E-state index contributed by atoms with van der Waals surface area (Å²) < 4.78 is 39.0. The van der Waals surface area contributed by atoms with Crippen molar-refractivity contribution in [1.29, 1.82) is 0 Å². The molecule has 6 rings (SSSR count). The molecule has 3 heterocycles. The van der Waals surface area contributed by atoms with Gasteiger partial charge in [0.1, 0.15) is 5.69 Å². The van der Waals surface area contributed by atoms with E-state index < -0.39 is 17.6 Å². The highest BCUT2D eigenvalue weighted by Gasteiger charge is 2.34. The molecule has 0 atom stereocenters. The minimum atomic E-state index is -4.43. The summed E-state index contributed by atoms with van der Waals surface area (Å²) in [6.07, 6.45) is -3.12. The molecule has 0 bridgehead atoms. The smallest absolute Gasteiger partial charge is 0.339 e. The number of alkyl halides is 3. The lowest BCUT2D eigenvalue weighted by atomic mass is 9.94. The number of carbonyl (C=O) groups excluding carboxylic acids is 3. The number of halogens is 3. The van der Waals surface area contributed by atoms with Crippen LogP contribution < -0.4 is 0 Å². The van der Waals surface area contributed by atoms with Gasteiger partial charge in [0.25, 0.3) is 17.7 Å². The number of benzene rings is 3. The van der Waals surface area contributed by atoms with E-state index in [1.807, 2.05) is 12.1 Å². The lowest BCUT2D eigenvalue weighted by molar-refractivity contribution is -0.137. The highest BCUT2D eigenvalue weighted by molar-refractivity contribution is 7.09. The fourth-order valence-corrected chi connectivity index (χ4v) is 6.36. The molecule has 2 aliphatic rings. The molecular formula is C31H24F3N3O3S. The number of thiazole rings is 1. The van der Waals surface area contributed by atoms with E-state index in [2.05, 4.69) is 4.98 Å². The third-order valence-electron chi connectivity index (χ3n) is 7.62. The molecule has 0 saturated carbocycles. The van der Waals surface area contributed by atoms with Gasteiger partial charge in [-0.05, 0) is 53.8 Å². The molecule has 3 amide bonds. The van der Waals surface area contributed by atoms with Crippen LogP contribution >= 0.6 is 11.3 Å². The summed E-state index contributed by atoms with van der Waals surface area (Å²) in [7, 11) is 0. The van der Waals surface area contributed by atoms with Crippen LogP contribution in [0.15, 0.2) is 78.2 Å². The standard InChI is InChI=1S/C31H24F3N3O3S/c32-31(33,34)22-11-9-19(10-12-22)23-6-3-4-8-25(23)28(38)36-15-13-20(14-16-36)27-35-26(18-41-27)30(40)37-17-21-5-1-2-7-24(21)29(37)39/h1-12,18,20H,13-17H2. The summed E-state index contributed by atoms with van der Waals surface area (Å²) in [5.41, 5.74) is 2.41. The number of nitrogens with zero attached hydrogens (tertiary/aromatic N) is 3. The number of rotatable bonds is 4. The Morgan fingerprint density at radius 2 is 1.51 bits per heavy atom. The molecule has 6 nitrogen and oxygen atoms in total. The summed E-state index contributed by atoms with van der Waals surface area (Å²) in [6, 6.07) is 18.9. The fraction of sp³-hybridized carbons (Fsp3) is 0.226. The number of likely N-dealkylation sites (tertiary alicyclic amines) is 1. The monoisotopic (exact) mass is 575 g/mol. The Hall–Kier alpha value is -4.31. The van der Waals surface area contributed by atoms with Crippen LogP contribution in [0.5, 0.6) is 0 Å². The number of carbonyl (C=O) groups is 3.